The van der Waals surface area contributed by atoms with Gasteiger partial charge in [-0.15, -0.1) is 0 Å². The van der Waals surface area contributed by atoms with E-state index in [-0.39, 0.29) is 0 Å². The molecule has 15 heavy (non-hydrogen) atoms. The molecule has 3 heteroatoms. The van der Waals surface area contributed by atoms with E-state index >= 15 is 0 Å². The summed E-state index contributed by atoms with van der Waals surface area (Å²) >= 11 is 0. The highest BCUT2D eigenvalue weighted by Crippen LogP contribution is 2.23. The fourth-order valence-electron chi connectivity index (χ4n) is 2.37. The molecule has 0 radical (unpaired) electrons. The monoisotopic (exact) mass is 205 g/mol. The van der Waals surface area contributed by atoms with Gasteiger partial charge in [-0.25, -0.2) is 4.98 Å². The van der Waals surface area contributed by atoms with Crippen LogP contribution in [0.1, 0.15) is 31.7 Å². The van der Waals surface area contributed by atoms with Gasteiger partial charge in [0.05, 0.1) is 0 Å². The summed E-state index contributed by atoms with van der Waals surface area (Å²) in [4.78, 5) is 6.64. The van der Waals surface area contributed by atoms with Gasteiger partial charge in [0.1, 0.15) is 5.82 Å². The van der Waals surface area contributed by atoms with Crippen LogP contribution in [0.15, 0.2) is 18.3 Å². The standard InChI is InChI=1S/C12H19N3/c1-2-11-6-4-8-15(11)9-10-5-3-7-14-12(10)13/h3,5,7,11H,2,4,6,8-9H2,1H3,(H2,13,14). The summed E-state index contributed by atoms with van der Waals surface area (Å²) in [7, 11) is 0. The van der Waals surface area contributed by atoms with Gasteiger partial charge < -0.3 is 5.73 Å². The normalized spacial score (nSPS) is 22.1. The molecule has 82 valence electrons. The lowest BCUT2D eigenvalue weighted by atomic mass is 10.1. The molecule has 1 atom stereocenters. The maximum atomic E-state index is 5.85. The summed E-state index contributed by atoms with van der Waals surface area (Å²) in [6.45, 7) is 4.42. The Balaban J connectivity index is 2.05. The zero-order valence-corrected chi connectivity index (χ0v) is 9.32. The smallest absolute Gasteiger partial charge is 0.127 e. The van der Waals surface area contributed by atoms with Crippen molar-refractivity contribution in [3.05, 3.63) is 23.9 Å². The lowest BCUT2D eigenvalue weighted by molar-refractivity contribution is 0.240. The van der Waals surface area contributed by atoms with E-state index in [0.29, 0.717) is 5.82 Å². The van der Waals surface area contributed by atoms with Gasteiger partial charge >= 0.3 is 0 Å². The maximum absolute atomic E-state index is 5.85. The van der Waals surface area contributed by atoms with Gasteiger partial charge in [-0.1, -0.05) is 13.0 Å². The van der Waals surface area contributed by atoms with Crippen molar-refractivity contribution in [1.82, 2.24) is 9.88 Å². The second-order valence-corrected chi connectivity index (χ2v) is 4.22. The van der Waals surface area contributed by atoms with E-state index in [1.807, 2.05) is 6.07 Å². The van der Waals surface area contributed by atoms with Crippen LogP contribution in [0.4, 0.5) is 5.82 Å². The number of anilines is 1. The summed E-state index contributed by atoms with van der Waals surface area (Å²) < 4.78 is 0. The first-order valence-electron chi connectivity index (χ1n) is 5.74. The van der Waals surface area contributed by atoms with Gasteiger partial charge in [0.2, 0.25) is 0 Å². The van der Waals surface area contributed by atoms with Crippen LogP contribution in [0.3, 0.4) is 0 Å². The number of rotatable bonds is 3. The highest BCUT2D eigenvalue weighted by atomic mass is 15.2. The molecule has 1 saturated heterocycles. The van der Waals surface area contributed by atoms with Crippen LogP contribution in [0.2, 0.25) is 0 Å². The minimum atomic E-state index is 0.680. The maximum Gasteiger partial charge on any atom is 0.127 e. The third kappa shape index (κ3) is 2.29. The number of aromatic nitrogens is 1. The van der Waals surface area contributed by atoms with Crippen molar-refractivity contribution in [2.45, 2.75) is 38.8 Å². The van der Waals surface area contributed by atoms with Crippen LogP contribution in [0, 0.1) is 0 Å². The van der Waals surface area contributed by atoms with E-state index in [1.165, 1.54) is 25.8 Å². The first-order valence-corrected chi connectivity index (χ1v) is 5.74. The number of nitrogens with zero attached hydrogens (tertiary/aromatic N) is 2. The van der Waals surface area contributed by atoms with E-state index < -0.39 is 0 Å². The van der Waals surface area contributed by atoms with Gasteiger partial charge in [0.15, 0.2) is 0 Å². The molecule has 0 aliphatic carbocycles. The summed E-state index contributed by atoms with van der Waals surface area (Å²) in [5, 5.41) is 0. The minimum Gasteiger partial charge on any atom is -0.383 e. The molecular weight excluding hydrogens is 186 g/mol. The first-order chi connectivity index (χ1) is 7.31. The molecule has 2 N–H and O–H groups in total. The third-order valence-electron chi connectivity index (χ3n) is 3.27. The molecule has 0 amide bonds. The van der Waals surface area contributed by atoms with Crippen LogP contribution >= 0.6 is 0 Å². The lowest BCUT2D eigenvalue weighted by Crippen LogP contribution is -2.28. The van der Waals surface area contributed by atoms with Crippen LogP contribution in [-0.4, -0.2) is 22.5 Å². The number of pyridine rings is 1. The number of likely N-dealkylation sites (tertiary alicyclic amines) is 1. The molecule has 1 fully saturated rings. The Hall–Kier alpha value is -1.09. The highest BCUT2D eigenvalue weighted by Gasteiger charge is 2.23. The molecule has 1 aromatic heterocycles. The largest absolute Gasteiger partial charge is 0.383 e. The average molecular weight is 205 g/mol. The Morgan fingerprint density at radius 2 is 2.47 bits per heavy atom. The van der Waals surface area contributed by atoms with E-state index in [1.54, 1.807) is 6.20 Å². The fraction of sp³-hybridized carbons (Fsp3) is 0.583. The summed E-state index contributed by atoms with van der Waals surface area (Å²) in [5.74, 6) is 0.680. The molecule has 2 rings (SSSR count). The SMILES string of the molecule is CCC1CCCN1Cc1cccnc1N. The Bertz CT molecular complexity index is 324. The van der Waals surface area contributed by atoms with E-state index in [0.717, 1.165) is 18.2 Å². The van der Waals surface area contributed by atoms with Crippen molar-refractivity contribution in [2.24, 2.45) is 0 Å². The van der Waals surface area contributed by atoms with Crippen LogP contribution in [0.5, 0.6) is 0 Å². The number of hydrogen-bond donors (Lipinski definition) is 1. The topological polar surface area (TPSA) is 42.2 Å². The van der Waals surface area contributed by atoms with Crippen molar-refractivity contribution >= 4 is 5.82 Å². The van der Waals surface area contributed by atoms with Gasteiger partial charge in [0, 0.05) is 24.3 Å². The van der Waals surface area contributed by atoms with Gasteiger partial charge in [0.25, 0.3) is 0 Å². The highest BCUT2D eigenvalue weighted by molar-refractivity contribution is 5.38. The Morgan fingerprint density at radius 3 is 3.20 bits per heavy atom. The Morgan fingerprint density at radius 1 is 1.60 bits per heavy atom. The molecule has 3 nitrogen and oxygen atoms in total. The quantitative estimate of drug-likeness (QED) is 0.821. The predicted molar refractivity (Wildman–Crippen MR) is 62.4 cm³/mol. The Labute approximate surface area is 91.3 Å². The minimum absolute atomic E-state index is 0.680. The fourth-order valence-corrected chi connectivity index (χ4v) is 2.37. The van der Waals surface area contributed by atoms with Crippen LogP contribution in [0.25, 0.3) is 0 Å². The van der Waals surface area contributed by atoms with Gasteiger partial charge in [-0.05, 0) is 31.9 Å². The van der Waals surface area contributed by atoms with Crippen LogP contribution in [-0.2, 0) is 6.54 Å². The van der Waals surface area contributed by atoms with Gasteiger partial charge in [-0.3, -0.25) is 4.90 Å². The zero-order chi connectivity index (χ0) is 10.7. The second kappa shape index (κ2) is 4.62. The molecule has 0 saturated carbocycles. The molecule has 0 aromatic carbocycles. The van der Waals surface area contributed by atoms with E-state index in [2.05, 4.69) is 22.9 Å². The third-order valence-corrected chi connectivity index (χ3v) is 3.27. The first kappa shape index (κ1) is 10.4. The molecule has 0 spiro atoms. The lowest BCUT2D eigenvalue weighted by Gasteiger charge is -2.23. The van der Waals surface area contributed by atoms with Crippen molar-refractivity contribution in [3.63, 3.8) is 0 Å². The van der Waals surface area contributed by atoms with Gasteiger partial charge in [-0.2, -0.15) is 0 Å². The van der Waals surface area contributed by atoms with Crippen molar-refractivity contribution in [3.8, 4) is 0 Å². The van der Waals surface area contributed by atoms with Crippen molar-refractivity contribution in [1.29, 1.82) is 0 Å². The summed E-state index contributed by atoms with van der Waals surface area (Å²) in [5.41, 5.74) is 7.01. The molecule has 1 aliphatic rings. The molecule has 2 heterocycles. The summed E-state index contributed by atoms with van der Waals surface area (Å²) in [6, 6.07) is 4.78. The zero-order valence-electron chi connectivity index (χ0n) is 9.32. The van der Waals surface area contributed by atoms with Crippen molar-refractivity contribution < 1.29 is 0 Å². The molecule has 0 bridgehead atoms. The second-order valence-electron chi connectivity index (χ2n) is 4.22. The molecule has 1 unspecified atom stereocenters. The number of nitrogens with two attached hydrogens (primary N) is 1. The average Bonchev–Trinajstić information content (AvgIpc) is 2.69. The van der Waals surface area contributed by atoms with Crippen LogP contribution < -0.4 is 5.73 Å². The molecule has 1 aliphatic heterocycles. The Kier molecular flexibility index (Phi) is 3.21. The molecular formula is C12H19N3. The summed E-state index contributed by atoms with van der Waals surface area (Å²) in [6.07, 6.45) is 5.63. The van der Waals surface area contributed by atoms with E-state index in [9.17, 15) is 0 Å². The molecule has 1 aromatic rings. The van der Waals surface area contributed by atoms with Crippen molar-refractivity contribution in [2.75, 3.05) is 12.3 Å². The number of hydrogen-bond acceptors (Lipinski definition) is 3. The predicted octanol–water partition coefficient (Wildman–Crippen LogP) is 2.04. The number of nitrogen functional groups attached to an aromatic ring is 1. The van der Waals surface area contributed by atoms with E-state index in [4.69, 9.17) is 5.73 Å².